The van der Waals surface area contributed by atoms with Crippen LogP contribution in [0.1, 0.15) is 49.0 Å². The maximum atomic E-state index is 13.2. The summed E-state index contributed by atoms with van der Waals surface area (Å²) in [6.07, 6.45) is 2.33. The van der Waals surface area contributed by atoms with Gasteiger partial charge in [0.15, 0.2) is 12.4 Å². The van der Waals surface area contributed by atoms with Crippen LogP contribution in [-0.2, 0) is 30.8 Å². The highest BCUT2D eigenvalue weighted by Gasteiger charge is 2.38. The number of para-hydroxylation sites is 1. The molecule has 0 spiro atoms. The summed E-state index contributed by atoms with van der Waals surface area (Å²) in [7, 11) is -3.97. The number of anilines is 1. The SMILES string of the molecule is CCc1ccccc1NC(=O)COC(=O)C1CCCCN1S(=O)(=O)c1ccc(C(C)=O)cc1. The number of amides is 1. The van der Waals surface area contributed by atoms with Gasteiger partial charge >= 0.3 is 5.97 Å². The molecule has 1 heterocycles. The smallest absolute Gasteiger partial charge is 0.324 e. The monoisotopic (exact) mass is 472 g/mol. The first kappa shape index (κ1) is 24.6. The van der Waals surface area contributed by atoms with Gasteiger partial charge in [0.05, 0.1) is 4.90 Å². The zero-order valence-electron chi connectivity index (χ0n) is 18.7. The highest BCUT2D eigenvalue weighted by molar-refractivity contribution is 7.89. The molecule has 33 heavy (non-hydrogen) atoms. The lowest BCUT2D eigenvalue weighted by Crippen LogP contribution is -2.48. The Bertz CT molecular complexity index is 1130. The number of sulfonamides is 1. The molecule has 9 heteroatoms. The first-order valence-corrected chi connectivity index (χ1v) is 12.3. The van der Waals surface area contributed by atoms with Gasteiger partial charge in [0.25, 0.3) is 5.91 Å². The van der Waals surface area contributed by atoms with Gasteiger partial charge in [-0.1, -0.05) is 37.3 Å². The quantitative estimate of drug-likeness (QED) is 0.467. The number of nitrogens with zero attached hydrogens (tertiary/aromatic N) is 1. The maximum Gasteiger partial charge on any atom is 0.324 e. The molecule has 1 fully saturated rings. The number of ether oxygens (including phenoxy) is 1. The van der Waals surface area contributed by atoms with Crippen molar-refractivity contribution in [3.63, 3.8) is 0 Å². The second-order valence-electron chi connectivity index (χ2n) is 7.87. The molecule has 2 aromatic carbocycles. The van der Waals surface area contributed by atoms with Gasteiger partial charge in [-0.05, 0) is 56.4 Å². The number of carbonyl (C=O) groups is 3. The van der Waals surface area contributed by atoms with Crippen LogP contribution in [0.4, 0.5) is 5.69 Å². The Hall–Kier alpha value is -3.04. The van der Waals surface area contributed by atoms with Crippen LogP contribution in [0.5, 0.6) is 0 Å². The van der Waals surface area contributed by atoms with Gasteiger partial charge in [0, 0.05) is 17.8 Å². The van der Waals surface area contributed by atoms with Crippen molar-refractivity contribution in [2.24, 2.45) is 0 Å². The van der Waals surface area contributed by atoms with Crippen molar-refractivity contribution < 1.29 is 27.5 Å². The average molecular weight is 473 g/mol. The van der Waals surface area contributed by atoms with Crippen LogP contribution in [0.25, 0.3) is 0 Å². The van der Waals surface area contributed by atoms with E-state index in [1.807, 2.05) is 19.1 Å². The van der Waals surface area contributed by atoms with Gasteiger partial charge in [-0.25, -0.2) is 8.42 Å². The third-order valence-corrected chi connectivity index (χ3v) is 7.53. The molecule has 1 atom stereocenters. The van der Waals surface area contributed by atoms with E-state index in [0.29, 0.717) is 30.5 Å². The normalized spacial score (nSPS) is 16.7. The standard InChI is InChI=1S/C24H28N2O6S/c1-3-18-8-4-5-9-21(18)25-23(28)16-32-24(29)22-10-6-7-15-26(22)33(30,31)20-13-11-19(12-14-20)17(2)27/h4-5,8-9,11-14,22H,3,6-7,10,15-16H2,1-2H3,(H,25,28). The van der Waals surface area contributed by atoms with Gasteiger partial charge in [0.1, 0.15) is 6.04 Å². The molecule has 0 bridgehead atoms. The van der Waals surface area contributed by atoms with Gasteiger partial charge in [0.2, 0.25) is 10.0 Å². The van der Waals surface area contributed by atoms with Crippen LogP contribution in [0.3, 0.4) is 0 Å². The number of ketones is 1. The highest BCUT2D eigenvalue weighted by atomic mass is 32.2. The Labute approximate surface area is 194 Å². The molecule has 8 nitrogen and oxygen atoms in total. The lowest BCUT2D eigenvalue weighted by molar-refractivity contribution is -0.152. The number of nitrogens with one attached hydrogen (secondary N) is 1. The van der Waals surface area contributed by atoms with Crippen LogP contribution in [0.2, 0.25) is 0 Å². The second-order valence-corrected chi connectivity index (χ2v) is 9.77. The van der Waals surface area contributed by atoms with Crippen LogP contribution < -0.4 is 5.32 Å². The zero-order chi connectivity index (χ0) is 24.0. The van der Waals surface area contributed by atoms with Gasteiger partial charge in [-0.2, -0.15) is 4.31 Å². The largest absolute Gasteiger partial charge is 0.454 e. The molecule has 0 aromatic heterocycles. The van der Waals surface area contributed by atoms with Crippen LogP contribution in [-0.4, -0.2) is 49.6 Å². The van der Waals surface area contributed by atoms with E-state index < -0.39 is 34.5 Å². The van der Waals surface area contributed by atoms with Crippen molar-refractivity contribution in [3.05, 3.63) is 59.7 Å². The van der Waals surface area contributed by atoms with Gasteiger partial charge in [-0.3, -0.25) is 14.4 Å². The predicted octanol–water partition coefficient (Wildman–Crippen LogP) is 3.18. The minimum atomic E-state index is -3.97. The fourth-order valence-electron chi connectivity index (χ4n) is 3.79. The summed E-state index contributed by atoms with van der Waals surface area (Å²) in [5.41, 5.74) is 2.01. The van der Waals surface area contributed by atoms with Crippen molar-refractivity contribution in [2.45, 2.75) is 50.5 Å². The van der Waals surface area contributed by atoms with E-state index in [4.69, 9.17) is 4.74 Å². The molecule has 1 saturated heterocycles. The molecule has 1 N–H and O–H groups in total. The number of esters is 1. The van der Waals surface area contributed by atoms with Gasteiger partial charge in [-0.15, -0.1) is 0 Å². The molecule has 0 aliphatic carbocycles. The minimum absolute atomic E-state index is 0.00103. The number of rotatable bonds is 8. The second kappa shape index (κ2) is 10.7. The van der Waals surface area contributed by atoms with E-state index in [2.05, 4.69) is 5.32 Å². The van der Waals surface area contributed by atoms with E-state index in [-0.39, 0.29) is 17.2 Å². The van der Waals surface area contributed by atoms with Crippen LogP contribution in [0, 0.1) is 0 Å². The topological polar surface area (TPSA) is 110 Å². The fraction of sp³-hybridized carbons (Fsp3) is 0.375. The number of hydrogen-bond acceptors (Lipinski definition) is 6. The zero-order valence-corrected chi connectivity index (χ0v) is 19.6. The van der Waals surface area contributed by atoms with E-state index in [9.17, 15) is 22.8 Å². The summed E-state index contributed by atoms with van der Waals surface area (Å²) in [5.74, 6) is -1.41. The number of benzene rings is 2. The Morgan fingerprint density at radius 1 is 1.06 bits per heavy atom. The van der Waals surface area contributed by atoms with E-state index in [0.717, 1.165) is 16.3 Å². The molecule has 3 rings (SSSR count). The summed E-state index contributed by atoms with van der Waals surface area (Å²) >= 11 is 0. The Kier molecular flexibility index (Phi) is 7.99. The van der Waals surface area contributed by atoms with Gasteiger partial charge < -0.3 is 10.1 Å². The Morgan fingerprint density at radius 3 is 2.42 bits per heavy atom. The summed E-state index contributed by atoms with van der Waals surface area (Å²) in [6, 6.07) is 12.0. The Balaban J connectivity index is 1.68. The summed E-state index contributed by atoms with van der Waals surface area (Å²) in [5, 5.41) is 2.73. The molecule has 2 aromatic rings. The third-order valence-electron chi connectivity index (χ3n) is 5.61. The van der Waals surface area contributed by atoms with Crippen molar-refractivity contribution in [3.8, 4) is 0 Å². The molecule has 0 saturated carbocycles. The van der Waals surface area contributed by atoms with E-state index >= 15 is 0 Å². The average Bonchev–Trinajstić information content (AvgIpc) is 2.83. The van der Waals surface area contributed by atoms with Crippen LogP contribution in [0.15, 0.2) is 53.4 Å². The molecule has 0 radical (unpaired) electrons. The summed E-state index contributed by atoms with van der Waals surface area (Å²) in [6.45, 7) is 3.04. The number of hydrogen-bond donors (Lipinski definition) is 1. The first-order valence-electron chi connectivity index (χ1n) is 10.9. The van der Waals surface area contributed by atoms with Crippen molar-refractivity contribution >= 4 is 33.4 Å². The molecule has 1 unspecified atom stereocenters. The molecule has 1 aliphatic heterocycles. The summed E-state index contributed by atoms with van der Waals surface area (Å²) in [4.78, 5) is 36.5. The molecule has 176 valence electrons. The molecule has 1 aliphatic rings. The predicted molar refractivity (Wildman–Crippen MR) is 123 cm³/mol. The fourth-order valence-corrected chi connectivity index (χ4v) is 5.44. The number of piperidine rings is 1. The number of Topliss-reactive ketones (excluding diaryl/α,β-unsaturated/α-hetero) is 1. The lowest BCUT2D eigenvalue weighted by atomic mass is 10.1. The van der Waals surface area contributed by atoms with Crippen molar-refractivity contribution in [2.75, 3.05) is 18.5 Å². The maximum absolute atomic E-state index is 13.2. The lowest BCUT2D eigenvalue weighted by Gasteiger charge is -2.33. The molecule has 1 amide bonds. The van der Waals surface area contributed by atoms with Crippen LogP contribution >= 0.6 is 0 Å². The highest BCUT2D eigenvalue weighted by Crippen LogP contribution is 2.26. The van der Waals surface area contributed by atoms with E-state index in [1.165, 1.54) is 31.2 Å². The molecular weight excluding hydrogens is 444 g/mol. The minimum Gasteiger partial charge on any atom is -0.454 e. The molecular formula is C24H28N2O6S. The van der Waals surface area contributed by atoms with Crippen molar-refractivity contribution in [1.29, 1.82) is 0 Å². The van der Waals surface area contributed by atoms with E-state index in [1.54, 1.807) is 12.1 Å². The van der Waals surface area contributed by atoms with Crippen molar-refractivity contribution in [1.82, 2.24) is 4.31 Å². The number of aryl methyl sites for hydroxylation is 1. The first-order chi connectivity index (χ1) is 15.7. The summed E-state index contributed by atoms with van der Waals surface area (Å²) < 4.78 is 32.7. The number of carbonyl (C=O) groups excluding carboxylic acids is 3. The third kappa shape index (κ3) is 5.85. The Morgan fingerprint density at radius 2 is 1.76 bits per heavy atom.